The van der Waals surface area contributed by atoms with Crippen LogP contribution >= 0.6 is 0 Å². The van der Waals surface area contributed by atoms with Gasteiger partial charge in [0.2, 0.25) is 0 Å². The second-order valence-corrected chi connectivity index (χ2v) is 4.53. The van der Waals surface area contributed by atoms with Crippen LogP contribution in [0.1, 0.15) is 44.2 Å². The van der Waals surface area contributed by atoms with Gasteiger partial charge in [0.25, 0.3) is 0 Å². The van der Waals surface area contributed by atoms with Gasteiger partial charge in [0.1, 0.15) is 5.75 Å². The molecule has 1 aromatic rings. The van der Waals surface area contributed by atoms with Crippen LogP contribution in [0.2, 0.25) is 0 Å². The fraction of sp³-hybridized carbons (Fsp3) is 0.615. The Labute approximate surface area is 97.0 Å². The summed E-state index contributed by atoms with van der Waals surface area (Å²) in [7, 11) is 0. The smallest absolute Gasteiger partial charge is 0.137 e. The molecule has 3 heteroatoms. The summed E-state index contributed by atoms with van der Waals surface area (Å²) in [5.74, 6) is 1.65. The Morgan fingerprint density at radius 3 is 2.94 bits per heavy atom. The summed E-state index contributed by atoms with van der Waals surface area (Å²) in [6.07, 6.45) is 8.72. The number of hydrogen-bond donors (Lipinski definition) is 1. The molecule has 1 aromatic heterocycles. The molecular weight excluding hydrogens is 200 g/mol. The van der Waals surface area contributed by atoms with E-state index in [1.54, 1.807) is 6.20 Å². The minimum atomic E-state index is 0.109. The number of rotatable bonds is 5. The van der Waals surface area contributed by atoms with Crippen LogP contribution < -0.4 is 10.5 Å². The van der Waals surface area contributed by atoms with Crippen LogP contribution in [0.3, 0.4) is 0 Å². The van der Waals surface area contributed by atoms with Crippen LogP contribution in [0.25, 0.3) is 0 Å². The van der Waals surface area contributed by atoms with E-state index in [1.807, 2.05) is 19.2 Å². The van der Waals surface area contributed by atoms with Gasteiger partial charge in [-0.1, -0.05) is 19.3 Å². The zero-order valence-electron chi connectivity index (χ0n) is 9.86. The molecule has 1 aliphatic carbocycles. The predicted octanol–water partition coefficient (Wildman–Crippen LogP) is 2.67. The van der Waals surface area contributed by atoms with E-state index in [-0.39, 0.29) is 6.04 Å². The highest BCUT2D eigenvalue weighted by atomic mass is 16.5. The first-order valence-corrected chi connectivity index (χ1v) is 6.13. The van der Waals surface area contributed by atoms with Crippen molar-refractivity contribution in [1.29, 1.82) is 0 Å². The Bertz CT molecular complexity index is 336. The van der Waals surface area contributed by atoms with Gasteiger partial charge >= 0.3 is 0 Å². The van der Waals surface area contributed by atoms with Crippen LogP contribution in [-0.2, 0) is 0 Å². The summed E-state index contributed by atoms with van der Waals surface area (Å²) >= 11 is 0. The lowest BCUT2D eigenvalue weighted by Crippen LogP contribution is -2.20. The fourth-order valence-electron chi connectivity index (χ4n) is 2.11. The van der Waals surface area contributed by atoms with Gasteiger partial charge in [0, 0.05) is 12.2 Å². The predicted molar refractivity (Wildman–Crippen MR) is 64.3 cm³/mol. The molecule has 2 rings (SSSR count). The van der Waals surface area contributed by atoms with Crippen molar-refractivity contribution in [3.8, 4) is 5.75 Å². The summed E-state index contributed by atoms with van der Waals surface area (Å²) in [4.78, 5) is 4.17. The molecule has 1 unspecified atom stereocenters. The van der Waals surface area contributed by atoms with Gasteiger partial charge in [-0.2, -0.15) is 0 Å². The highest BCUT2D eigenvalue weighted by Gasteiger charge is 2.21. The lowest BCUT2D eigenvalue weighted by Gasteiger charge is -2.28. The summed E-state index contributed by atoms with van der Waals surface area (Å²) in [5, 5.41) is 0. The summed E-state index contributed by atoms with van der Waals surface area (Å²) in [6, 6.07) is 2.12. The second-order valence-electron chi connectivity index (χ2n) is 4.53. The maximum Gasteiger partial charge on any atom is 0.137 e. The first kappa shape index (κ1) is 11.4. The minimum Gasteiger partial charge on any atom is -0.492 e. The molecule has 1 aliphatic rings. The molecule has 0 amide bonds. The van der Waals surface area contributed by atoms with Gasteiger partial charge in [-0.05, 0) is 30.9 Å². The van der Waals surface area contributed by atoms with Crippen molar-refractivity contribution in [1.82, 2.24) is 4.98 Å². The largest absolute Gasteiger partial charge is 0.492 e. The lowest BCUT2D eigenvalue weighted by molar-refractivity contribution is 0.276. The molecular formula is C13H20N2O. The molecule has 0 spiro atoms. The SMILES string of the molecule is CCOc1cncc(C(N)CC2CCC2)c1. The van der Waals surface area contributed by atoms with Gasteiger partial charge in [0.15, 0.2) is 0 Å². The number of ether oxygens (including phenoxy) is 1. The number of nitrogens with zero attached hydrogens (tertiary/aromatic N) is 1. The van der Waals surface area contributed by atoms with E-state index in [9.17, 15) is 0 Å². The molecule has 0 aromatic carbocycles. The van der Waals surface area contributed by atoms with Crippen molar-refractivity contribution >= 4 is 0 Å². The van der Waals surface area contributed by atoms with E-state index in [0.29, 0.717) is 6.61 Å². The van der Waals surface area contributed by atoms with Crippen LogP contribution in [0.5, 0.6) is 5.75 Å². The zero-order valence-corrected chi connectivity index (χ0v) is 9.86. The van der Waals surface area contributed by atoms with Crippen molar-refractivity contribution in [2.45, 2.75) is 38.6 Å². The monoisotopic (exact) mass is 220 g/mol. The van der Waals surface area contributed by atoms with Crippen molar-refractivity contribution in [3.63, 3.8) is 0 Å². The Morgan fingerprint density at radius 1 is 1.50 bits per heavy atom. The molecule has 1 saturated carbocycles. The van der Waals surface area contributed by atoms with Gasteiger partial charge in [-0.3, -0.25) is 4.98 Å². The number of pyridine rings is 1. The number of nitrogens with two attached hydrogens (primary N) is 1. The fourth-order valence-corrected chi connectivity index (χ4v) is 2.11. The molecule has 2 N–H and O–H groups in total. The first-order valence-electron chi connectivity index (χ1n) is 6.13. The van der Waals surface area contributed by atoms with Crippen molar-refractivity contribution in [3.05, 3.63) is 24.0 Å². The lowest BCUT2D eigenvalue weighted by atomic mass is 9.80. The molecule has 3 nitrogen and oxygen atoms in total. The number of aromatic nitrogens is 1. The summed E-state index contributed by atoms with van der Waals surface area (Å²) in [6.45, 7) is 2.64. The van der Waals surface area contributed by atoms with E-state index in [4.69, 9.17) is 10.5 Å². The molecule has 1 fully saturated rings. The standard InChI is InChI=1S/C13H20N2O/c1-2-16-12-7-11(8-15-9-12)13(14)6-10-4-3-5-10/h7-10,13H,2-6,14H2,1H3. The van der Waals surface area contributed by atoms with Crippen LogP contribution in [0.15, 0.2) is 18.5 Å². The Kier molecular flexibility index (Phi) is 3.78. The van der Waals surface area contributed by atoms with Crippen LogP contribution in [0, 0.1) is 5.92 Å². The normalized spacial score (nSPS) is 17.9. The molecule has 88 valence electrons. The van der Waals surface area contributed by atoms with E-state index in [2.05, 4.69) is 4.98 Å². The Morgan fingerprint density at radius 2 is 2.31 bits per heavy atom. The Hall–Kier alpha value is -1.09. The second kappa shape index (κ2) is 5.30. The molecule has 1 heterocycles. The topological polar surface area (TPSA) is 48.1 Å². The molecule has 16 heavy (non-hydrogen) atoms. The minimum absolute atomic E-state index is 0.109. The van der Waals surface area contributed by atoms with E-state index in [0.717, 1.165) is 23.7 Å². The molecule has 0 aliphatic heterocycles. The first-order chi connectivity index (χ1) is 7.79. The van der Waals surface area contributed by atoms with Crippen LogP contribution in [0.4, 0.5) is 0 Å². The van der Waals surface area contributed by atoms with E-state index >= 15 is 0 Å². The zero-order chi connectivity index (χ0) is 11.4. The molecule has 0 bridgehead atoms. The van der Waals surface area contributed by atoms with E-state index < -0.39 is 0 Å². The Balaban J connectivity index is 1.97. The maximum absolute atomic E-state index is 6.17. The summed E-state index contributed by atoms with van der Waals surface area (Å²) in [5.41, 5.74) is 7.27. The van der Waals surface area contributed by atoms with Gasteiger partial charge in [-0.15, -0.1) is 0 Å². The van der Waals surface area contributed by atoms with Crippen molar-refractivity contribution in [2.24, 2.45) is 11.7 Å². The third-order valence-corrected chi connectivity index (χ3v) is 3.29. The highest BCUT2D eigenvalue weighted by Crippen LogP contribution is 2.34. The molecule has 0 radical (unpaired) electrons. The van der Waals surface area contributed by atoms with Gasteiger partial charge in [-0.25, -0.2) is 0 Å². The van der Waals surface area contributed by atoms with Crippen molar-refractivity contribution in [2.75, 3.05) is 6.61 Å². The third kappa shape index (κ3) is 2.73. The maximum atomic E-state index is 6.17. The highest BCUT2D eigenvalue weighted by molar-refractivity contribution is 5.25. The number of hydrogen-bond acceptors (Lipinski definition) is 3. The average Bonchev–Trinajstić information content (AvgIpc) is 2.24. The molecule has 0 saturated heterocycles. The molecule has 1 atom stereocenters. The van der Waals surface area contributed by atoms with E-state index in [1.165, 1.54) is 19.3 Å². The quantitative estimate of drug-likeness (QED) is 0.830. The van der Waals surface area contributed by atoms with Crippen LogP contribution in [-0.4, -0.2) is 11.6 Å². The van der Waals surface area contributed by atoms with Gasteiger partial charge < -0.3 is 10.5 Å². The van der Waals surface area contributed by atoms with Crippen molar-refractivity contribution < 1.29 is 4.74 Å². The van der Waals surface area contributed by atoms with Gasteiger partial charge in [0.05, 0.1) is 12.8 Å². The average molecular weight is 220 g/mol. The summed E-state index contributed by atoms with van der Waals surface area (Å²) < 4.78 is 5.42. The third-order valence-electron chi connectivity index (χ3n) is 3.29.